The van der Waals surface area contributed by atoms with E-state index < -0.39 is 0 Å². The van der Waals surface area contributed by atoms with Gasteiger partial charge >= 0.3 is 0 Å². The number of carbonyl (C=O) groups is 1. The summed E-state index contributed by atoms with van der Waals surface area (Å²) in [6.45, 7) is 10.5. The number of hydrogen-bond acceptors (Lipinski definition) is 3. The zero-order valence-corrected chi connectivity index (χ0v) is 12.1. The molecule has 1 heterocycles. The van der Waals surface area contributed by atoms with Gasteiger partial charge in [-0.05, 0) is 37.8 Å². The Morgan fingerprint density at radius 2 is 2.00 bits per heavy atom. The molecule has 1 rings (SSSR count). The van der Waals surface area contributed by atoms with Gasteiger partial charge in [0, 0.05) is 25.6 Å². The molecule has 0 spiro atoms. The molecule has 4 nitrogen and oxygen atoms in total. The molecule has 0 bridgehead atoms. The first-order chi connectivity index (χ1) is 8.49. The van der Waals surface area contributed by atoms with Crippen molar-refractivity contribution in [3.05, 3.63) is 0 Å². The first-order valence-electron chi connectivity index (χ1n) is 7.23. The van der Waals surface area contributed by atoms with Gasteiger partial charge in [0.25, 0.3) is 0 Å². The highest BCUT2D eigenvalue weighted by Crippen LogP contribution is 2.15. The van der Waals surface area contributed by atoms with E-state index in [1.165, 1.54) is 25.9 Å². The van der Waals surface area contributed by atoms with Crippen molar-refractivity contribution in [1.29, 1.82) is 0 Å². The Kier molecular flexibility index (Phi) is 6.65. The lowest BCUT2D eigenvalue weighted by molar-refractivity contribution is -0.121. The summed E-state index contributed by atoms with van der Waals surface area (Å²) in [7, 11) is 0. The SMILES string of the molecule is CC1CCN(CCNC(=O)CC(N)C(C)C)CC1. The van der Waals surface area contributed by atoms with E-state index in [1.54, 1.807) is 0 Å². The molecule has 106 valence electrons. The van der Waals surface area contributed by atoms with Crippen molar-refractivity contribution in [2.45, 2.75) is 46.1 Å². The van der Waals surface area contributed by atoms with E-state index in [2.05, 4.69) is 17.1 Å². The smallest absolute Gasteiger partial charge is 0.221 e. The van der Waals surface area contributed by atoms with Crippen LogP contribution in [0.15, 0.2) is 0 Å². The average Bonchev–Trinajstić information content (AvgIpc) is 2.31. The number of piperidine rings is 1. The predicted octanol–water partition coefficient (Wildman–Crippen LogP) is 1.21. The summed E-state index contributed by atoms with van der Waals surface area (Å²) in [5.74, 6) is 1.31. The van der Waals surface area contributed by atoms with Crippen LogP contribution in [0.25, 0.3) is 0 Å². The number of carbonyl (C=O) groups excluding carboxylic acids is 1. The lowest BCUT2D eigenvalue weighted by Gasteiger charge is -2.30. The lowest BCUT2D eigenvalue weighted by Crippen LogP contribution is -2.41. The van der Waals surface area contributed by atoms with E-state index in [9.17, 15) is 4.79 Å². The second kappa shape index (κ2) is 7.74. The van der Waals surface area contributed by atoms with Crippen LogP contribution in [0.3, 0.4) is 0 Å². The molecule has 3 N–H and O–H groups in total. The molecule has 0 aromatic carbocycles. The van der Waals surface area contributed by atoms with E-state index >= 15 is 0 Å². The Hall–Kier alpha value is -0.610. The molecule has 18 heavy (non-hydrogen) atoms. The maximum atomic E-state index is 11.6. The molecule has 1 aliphatic rings. The van der Waals surface area contributed by atoms with Crippen molar-refractivity contribution < 1.29 is 4.79 Å². The molecule has 1 aliphatic heterocycles. The standard InChI is InChI=1S/C14H29N3O/c1-11(2)13(15)10-14(18)16-6-9-17-7-4-12(3)5-8-17/h11-13H,4-10,15H2,1-3H3,(H,16,18). The number of nitrogens with zero attached hydrogens (tertiary/aromatic N) is 1. The third kappa shape index (κ3) is 5.83. The quantitative estimate of drug-likeness (QED) is 0.750. The van der Waals surface area contributed by atoms with Gasteiger partial charge in [-0.3, -0.25) is 4.79 Å². The Labute approximate surface area is 111 Å². The van der Waals surface area contributed by atoms with Crippen LogP contribution in [0.1, 0.15) is 40.0 Å². The van der Waals surface area contributed by atoms with Gasteiger partial charge in [-0.15, -0.1) is 0 Å². The van der Waals surface area contributed by atoms with Crippen molar-refractivity contribution in [3.8, 4) is 0 Å². The maximum absolute atomic E-state index is 11.6. The van der Waals surface area contributed by atoms with Crippen LogP contribution in [-0.4, -0.2) is 43.0 Å². The summed E-state index contributed by atoms with van der Waals surface area (Å²) in [5.41, 5.74) is 5.88. The third-order valence-electron chi connectivity index (χ3n) is 3.90. The van der Waals surface area contributed by atoms with Gasteiger partial charge in [0.1, 0.15) is 0 Å². The van der Waals surface area contributed by atoms with Gasteiger partial charge in [0.2, 0.25) is 5.91 Å². The minimum Gasteiger partial charge on any atom is -0.355 e. The number of nitrogens with two attached hydrogens (primary N) is 1. The summed E-state index contributed by atoms with van der Waals surface area (Å²) in [5, 5.41) is 2.97. The number of nitrogens with one attached hydrogen (secondary N) is 1. The number of rotatable bonds is 6. The van der Waals surface area contributed by atoms with E-state index in [4.69, 9.17) is 5.73 Å². The van der Waals surface area contributed by atoms with E-state index in [-0.39, 0.29) is 11.9 Å². The fraction of sp³-hybridized carbons (Fsp3) is 0.929. The highest BCUT2D eigenvalue weighted by atomic mass is 16.1. The molecule has 0 aromatic heterocycles. The molecule has 0 aliphatic carbocycles. The molecule has 1 saturated heterocycles. The van der Waals surface area contributed by atoms with Crippen molar-refractivity contribution in [1.82, 2.24) is 10.2 Å². The fourth-order valence-corrected chi connectivity index (χ4v) is 2.16. The molecule has 0 radical (unpaired) electrons. The normalized spacial score (nSPS) is 20.1. The van der Waals surface area contributed by atoms with E-state index in [0.717, 1.165) is 19.0 Å². The molecule has 0 aromatic rings. The first kappa shape index (κ1) is 15.4. The third-order valence-corrected chi connectivity index (χ3v) is 3.90. The highest BCUT2D eigenvalue weighted by Gasteiger charge is 2.16. The first-order valence-corrected chi connectivity index (χ1v) is 7.23. The largest absolute Gasteiger partial charge is 0.355 e. The van der Waals surface area contributed by atoms with Gasteiger partial charge in [0.15, 0.2) is 0 Å². The molecule has 4 heteroatoms. The van der Waals surface area contributed by atoms with Crippen LogP contribution >= 0.6 is 0 Å². The zero-order chi connectivity index (χ0) is 13.5. The number of likely N-dealkylation sites (tertiary alicyclic amines) is 1. The van der Waals surface area contributed by atoms with Gasteiger partial charge in [-0.2, -0.15) is 0 Å². The van der Waals surface area contributed by atoms with E-state index in [0.29, 0.717) is 12.3 Å². The molecular formula is C14H29N3O. The lowest BCUT2D eigenvalue weighted by atomic mass is 9.99. The monoisotopic (exact) mass is 255 g/mol. The predicted molar refractivity (Wildman–Crippen MR) is 75.3 cm³/mol. The minimum absolute atomic E-state index is 0.0270. The van der Waals surface area contributed by atoms with Crippen molar-refractivity contribution in [2.24, 2.45) is 17.6 Å². The Morgan fingerprint density at radius 3 is 2.56 bits per heavy atom. The molecule has 0 saturated carbocycles. The number of amides is 1. The Morgan fingerprint density at radius 1 is 1.39 bits per heavy atom. The van der Waals surface area contributed by atoms with Crippen molar-refractivity contribution >= 4 is 5.91 Å². The van der Waals surface area contributed by atoms with Crippen molar-refractivity contribution in [3.63, 3.8) is 0 Å². The summed E-state index contributed by atoms with van der Waals surface area (Å²) in [4.78, 5) is 14.1. The Balaban J connectivity index is 2.08. The van der Waals surface area contributed by atoms with Gasteiger partial charge in [-0.25, -0.2) is 0 Å². The van der Waals surface area contributed by atoms with Crippen LogP contribution in [0.5, 0.6) is 0 Å². The highest BCUT2D eigenvalue weighted by molar-refractivity contribution is 5.76. The molecule has 1 fully saturated rings. The average molecular weight is 255 g/mol. The van der Waals surface area contributed by atoms with E-state index in [1.807, 2.05) is 13.8 Å². The van der Waals surface area contributed by atoms with Gasteiger partial charge < -0.3 is 16.0 Å². The van der Waals surface area contributed by atoms with Crippen LogP contribution in [0, 0.1) is 11.8 Å². The topological polar surface area (TPSA) is 58.4 Å². The van der Waals surface area contributed by atoms with Crippen LogP contribution in [0.2, 0.25) is 0 Å². The zero-order valence-electron chi connectivity index (χ0n) is 12.1. The van der Waals surface area contributed by atoms with Crippen LogP contribution < -0.4 is 11.1 Å². The molecular weight excluding hydrogens is 226 g/mol. The van der Waals surface area contributed by atoms with Crippen LogP contribution in [-0.2, 0) is 4.79 Å². The molecule has 1 atom stereocenters. The van der Waals surface area contributed by atoms with Gasteiger partial charge in [-0.1, -0.05) is 20.8 Å². The summed E-state index contributed by atoms with van der Waals surface area (Å²) in [6.07, 6.45) is 3.01. The van der Waals surface area contributed by atoms with Crippen LogP contribution in [0.4, 0.5) is 0 Å². The number of hydrogen-bond donors (Lipinski definition) is 2. The second-order valence-corrected chi connectivity index (χ2v) is 5.99. The second-order valence-electron chi connectivity index (χ2n) is 5.99. The maximum Gasteiger partial charge on any atom is 0.221 e. The van der Waals surface area contributed by atoms with Gasteiger partial charge in [0.05, 0.1) is 0 Å². The molecule has 1 unspecified atom stereocenters. The molecule has 1 amide bonds. The summed E-state index contributed by atoms with van der Waals surface area (Å²) < 4.78 is 0. The Bertz CT molecular complexity index is 247. The van der Waals surface area contributed by atoms with Crippen molar-refractivity contribution in [2.75, 3.05) is 26.2 Å². The minimum atomic E-state index is -0.0270. The summed E-state index contributed by atoms with van der Waals surface area (Å²) in [6, 6.07) is -0.0270. The fourth-order valence-electron chi connectivity index (χ4n) is 2.16. The summed E-state index contributed by atoms with van der Waals surface area (Å²) >= 11 is 0.